The first-order valence-electron chi connectivity index (χ1n) is 8.70. The molecule has 3 rings (SSSR count). The Hall–Kier alpha value is -0.120. The van der Waals surface area contributed by atoms with Crippen LogP contribution in [0.3, 0.4) is 0 Å². The highest BCUT2D eigenvalue weighted by atomic mass is 15.3. The van der Waals surface area contributed by atoms with E-state index in [1.807, 2.05) is 0 Å². The Morgan fingerprint density at radius 1 is 1.00 bits per heavy atom. The predicted molar refractivity (Wildman–Crippen MR) is 85.0 cm³/mol. The quantitative estimate of drug-likeness (QED) is 0.795. The van der Waals surface area contributed by atoms with Crippen molar-refractivity contribution in [1.29, 1.82) is 0 Å². The number of piperidine rings is 1. The molecule has 0 saturated carbocycles. The fourth-order valence-electron chi connectivity index (χ4n) is 4.54. The van der Waals surface area contributed by atoms with Crippen LogP contribution >= 0.6 is 0 Å². The molecule has 4 atom stereocenters. The summed E-state index contributed by atoms with van der Waals surface area (Å²) in [6, 6.07) is 3.00. The lowest BCUT2D eigenvalue weighted by Crippen LogP contribution is -2.63. The molecule has 0 aromatic heterocycles. The van der Waals surface area contributed by atoms with Gasteiger partial charge in [-0.1, -0.05) is 27.2 Å². The van der Waals surface area contributed by atoms with E-state index < -0.39 is 0 Å². The summed E-state index contributed by atoms with van der Waals surface area (Å²) in [5.74, 6) is 0. The van der Waals surface area contributed by atoms with Crippen LogP contribution in [0.25, 0.3) is 0 Å². The molecule has 3 aliphatic rings. The van der Waals surface area contributed by atoms with Gasteiger partial charge in [-0.3, -0.25) is 9.80 Å². The molecule has 0 aromatic carbocycles. The maximum absolute atomic E-state index is 3.78. The van der Waals surface area contributed by atoms with Gasteiger partial charge in [-0.05, 0) is 38.1 Å². The van der Waals surface area contributed by atoms with E-state index in [4.69, 9.17) is 0 Å². The zero-order valence-electron chi connectivity index (χ0n) is 13.9. The molecule has 3 nitrogen and oxygen atoms in total. The predicted octanol–water partition coefficient (Wildman–Crippen LogP) is 2.32. The summed E-state index contributed by atoms with van der Waals surface area (Å²) < 4.78 is 0. The summed E-state index contributed by atoms with van der Waals surface area (Å²) in [6.45, 7) is 14.6. The monoisotopic (exact) mass is 279 g/mol. The molecular weight excluding hydrogens is 246 g/mol. The summed E-state index contributed by atoms with van der Waals surface area (Å²) in [5.41, 5.74) is 0.364. The number of fused-ring (bicyclic) bond motifs is 1. The summed E-state index contributed by atoms with van der Waals surface area (Å²) in [7, 11) is 0. The second kappa shape index (κ2) is 5.58. The van der Waals surface area contributed by atoms with Gasteiger partial charge in [-0.15, -0.1) is 0 Å². The first kappa shape index (κ1) is 14.8. The second-order valence-electron chi connectivity index (χ2n) is 8.33. The maximum atomic E-state index is 3.78. The molecule has 0 aromatic rings. The first-order chi connectivity index (χ1) is 9.47. The van der Waals surface area contributed by atoms with Crippen LogP contribution in [0.4, 0.5) is 0 Å². The number of piperazine rings is 1. The Balaban J connectivity index is 1.71. The SMILES string of the molecule is CC1CNC(C(C)(C)C)CN1C1CCN2CCCCC12. The third-order valence-electron chi connectivity index (χ3n) is 5.91. The molecule has 0 spiro atoms. The molecule has 3 aliphatic heterocycles. The summed E-state index contributed by atoms with van der Waals surface area (Å²) in [4.78, 5) is 5.62. The molecule has 1 N–H and O–H groups in total. The fraction of sp³-hybridized carbons (Fsp3) is 1.00. The summed E-state index contributed by atoms with van der Waals surface area (Å²) in [5, 5.41) is 3.78. The highest BCUT2D eigenvalue weighted by molar-refractivity contribution is 5.00. The molecular formula is C17H33N3. The van der Waals surface area contributed by atoms with E-state index in [2.05, 4.69) is 42.8 Å². The van der Waals surface area contributed by atoms with Crippen molar-refractivity contribution >= 4 is 0 Å². The van der Waals surface area contributed by atoms with Crippen LogP contribution in [0.2, 0.25) is 0 Å². The first-order valence-corrected chi connectivity index (χ1v) is 8.70. The number of nitrogens with one attached hydrogen (secondary N) is 1. The van der Waals surface area contributed by atoms with E-state index in [0.29, 0.717) is 17.5 Å². The molecule has 0 aliphatic carbocycles. The Bertz CT molecular complexity index is 336. The van der Waals surface area contributed by atoms with Crippen molar-refractivity contribution in [2.45, 2.75) is 77.5 Å². The van der Waals surface area contributed by atoms with Crippen LogP contribution in [0.1, 0.15) is 53.4 Å². The molecule has 3 saturated heterocycles. The van der Waals surface area contributed by atoms with Crippen molar-refractivity contribution < 1.29 is 0 Å². The number of rotatable bonds is 1. The van der Waals surface area contributed by atoms with Crippen molar-refractivity contribution in [2.75, 3.05) is 26.2 Å². The lowest BCUT2D eigenvalue weighted by atomic mass is 9.83. The smallest absolute Gasteiger partial charge is 0.0267 e. The van der Waals surface area contributed by atoms with Gasteiger partial charge in [0.2, 0.25) is 0 Å². The van der Waals surface area contributed by atoms with Gasteiger partial charge in [0, 0.05) is 43.8 Å². The number of hydrogen-bond donors (Lipinski definition) is 1. The van der Waals surface area contributed by atoms with E-state index in [9.17, 15) is 0 Å². The van der Waals surface area contributed by atoms with Gasteiger partial charge < -0.3 is 5.32 Å². The van der Waals surface area contributed by atoms with Crippen LogP contribution in [0.5, 0.6) is 0 Å². The van der Waals surface area contributed by atoms with Gasteiger partial charge in [-0.2, -0.15) is 0 Å². The van der Waals surface area contributed by atoms with E-state index in [-0.39, 0.29) is 0 Å². The average molecular weight is 279 g/mol. The van der Waals surface area contributed by atoms with Gasteiger partial charge in [-0.25, -0.2) is 0 Å². The molecule has 3 heterocycles. The molecule has 0 bridgehead atoms. The van der Waals surface area contributed by atoms with Crippen LogP contribution in [0, 0.1) is 5.41 Å². The Kier molecular flexibility index (Phi) is 4.13. The molecule has 3 fully saturated rings. The zero-order chi connectivity index (χ0) is 14.3. The third kappa shape index (κ3) is 2.77. The largest absolute Gasteiger partial charge is 0.311 e. The Morgan fingerprint density at radius 3 is 2.55 bits per heavy atom. The van der Waals surface area contributed by atoms with Crippen molar-refractivity contribution in [3.8, 4) is 0 Å². The Labute approximate surface area is 125 Å². The normalized spacial score (nSPS) is 40.8. The van der Waals surface area contributed by atoms with Gasteiger partial charge in [0.1, 0.15) is 0 Å². The molecule has 20 heavy (non-hydrogen) atoms. The van der Waals surface area contributed by atoms with Crippen molar-refractivity contribution in [2.24, 2.45) is 5.41 Å². The van der Waals surface area contributed by atoms with Crippen molar-refractivity contribution in [1.82, 2.24) is 15.1 Å². The standard InChI is InChI=1S/C17H33N3/c1-13-11-18-16(17(2,3)4)12-20(13)15-8-10-19-9-6-5-7-14(15)19/h13-16,18H,5-12H2,1-4H3. The molecule has 0 radical (unpaired) electrons. The minimum atomic E-state index is 0.364. The van der Waals surface area contributed by atoms with E-state index >= 15 is 0 Å². The van der Waals surface area contributed by atoms with Crippen LogP contribution in [-0.4, -0.2) is 60.1 Å². The van der Waals surface area contributed by atoms with Gasteiger partial charge in [0.05, 0.1) is 0 Å². The minimum absolute atomic E-state index is 0.364. The lowest BCUT2D eigenvalue weighted by molar-refractivity contribution is 0.0335. The van der Waals surface area contributed by atoms with Crippen LogP contribution < -0.4 is 5.32 Å². The lowest BCUT2D eigenvalue weighted by Gasteiger charge is -2.48. The number of hydrogen-bond acceptors (Lipinski definition) is 3. The average Bonchev–Trinajstić information content (AvgIpc) is 2.82. The highest BCUT2D eigenvalue weighted by Gasteiger charge is 2.43. The van der Waals surface area contributed by atoms with E-state index in [1.165, 1.54) is 45.3 Å². The van der Waals surface area contributed by atoms with Crippen molar-refractivity contribution in [3.63, 3.8) is 0 Å². The van der Waals surface area contributed by atoms with E-state index in [1.54, 1.807) is 0 Å². The van der Waals surface area contributed by atoms with Gasteiger partial charge >= 0.3 is 0 Å². The van der Waals surface area contributed by atoms with Gasteiger partial charge in [0.15, 0.2) is 0 Å². The molecule has 0 amide bonds. The van der Waals surface area contributed by atoms with E-state index in [0.717, 1.165) is 18.6 Å². The molecule has 4 unspecified atom stereocenters. The maximum Gasteiger partial charge on any atom is 0.0267 e. The van der Waals surface area contributed by atoms with Crippen LogP contribution in [-0.2, 0) is 0 Å². The fourth-order valence-corrected chi connectivity index (χ4v) is 4.54. The molecule has 3 heteroatoms. The Morgan fingerprint density at radius 2 is 1.80 bits per heavy atom. The summed E-state index contributed by atoms with van der Waals surface area (Å²) >= 11 is 0. The minimum Gasteiger partial charge on any atom is -0.311 e. The second-order valence-corrected chi connectivity index (χ2v) is 8.33. The highest BCUT2D eigenvalue weighted by Crippen LogP contribution is 2.33. The third-order valence-corrected chi connectivity index (χ3v) is 5.91. The topological polar surface area (TPSA) is 18.5 Å². The zero-order valence-corrected chi connectivity index (χ0v) is 13.9. The van der Waals surface area contributed by atoms with Gasteiger partial charge in [0.25, 0.3) is 0 Å². The summed E-state index contributed by atoms with van der Waals surface area (Å²) in [6.07, 6.45) is 5.69. The molecule has 116 valence electrons. The number of nitrogens with zero attached hydrogens (tertiary/aromatic N) is 2. The van der Waals surface area contributed by atoms with Crippen molar-refractivity contribution in [3.05, 3.63) is 0 Å². The van der Waals surface area contributed by atoms with Crippen LogP contribution in [0.15, 0.2) is 0 Å².